The van der Waals surface area contributed by atoms with Crippen LogP contribution in [0.4, 0.5) is 18.9 Å². The van der Waals surface area contributed by atoms with Crippen LogP contribution in [-0.4, -0.2) is 29.9 Å². The number of hydrogen-bond donors (Lipinski definition) is 4. The summed E-state index contributed by atoms with van der Waals surface area (Å²) in [5.41, 5.74) is 13.0. The van der Waals surface area contributed by atoms with Gasteiger partial charge in [0.1, 0.15) is 5.69 Å². The molecule has 0 aliphatic heterocycles. The summed E-state index contributed by atoms with van der Waals surface area (Å²) in [6.45, 7) is -1.09. The van der Waals surface area contributed by atoms with Gasteiger partial charge >= 0.3 is 6.02 Å². The molecular weight excluding hydrogens is 401 g/mol. The molecule has 0 spiro atoms. The topological polar surface area (TPSA) is 128 Å². The smallest absolute Gasteiger partial charge is 0.304 e. The molecule has 6 N–H and O–H groups in total. The Hall–Kier alpha value is -2.89. The molecule has 12 heteroatoms. The molecule has 2 rings (SSSR count). The standard InChI is InChI=1S/C16H16ClF3N6O2/c17-9-1-2-12(23-6-9)15(27)25-10-3-8(14(20)11(19)5-10)4-13(21)26-28-16(22)24-7-18/h1-3,5-6,13,26H,4,7,21H2,(H2,22,24)(H,25,27)/t13-/m0/s1. The zero-order valence-electron chi connectivity index (χ0n) is 14.3. The third-order valence-corrected chi connectivity index (χ3v) is 3.52. The second kappa shape index (κ2) is 9.88. The van der Waals surface area contributed by atoms with Gasteiger partial charge in [0.15, 0.2) is 18.4 Å². The average Bonchev–Trinajstić information content (AvgIpc) is 2.65. The van der Waals surface area contributed by atoms with Crippen molar-refractivity contribution >= 4 is 29.2 Å². The minimum atomic E-state index is -1.19. The molecule has 1 aromatic heterocycles. The number of nitrogens with two attached hydrogens (primary N) is 2. The molecule has 8 nitrogen and oxygen atoms in total. The van der Waals surface area contributed by atoms with Crippen LogP contribution in [0.3, 0.4) is 0 Å². The predicted molar refractivity (Wildman–Crippen MR) is 97.1 cm³/mol. The molecule has 0 fully saturated rings. The minimum Gasteiger partial charge on any atom is -0.369 e. The number of rotatable bonds is 7. The monoisotopic (exact) mass is 416 g/mol. The Morgan fingerprint density at radius 2 is 2.11 bits per heavy atom. The van der Waals surface area contributed by atoms with Gasteiger partial charge in [0, 0.05) is 24.4 Å². The third kappa shape index (κ3) is 6.08. The van der Waals surface area contributed by atoms with Crippen LogP contribution in [0.5, 0.6) is 0 Å². The van der Waals surface area contributed by atoms with Gasteiger partial charge in [-0.25, -0.2) is 23.1 Å². The van der Waals surface area contributed by atoms with Crippen LogP contribution in [-0.2, 0) is 11.3 Å². The summed E-state index contributed by atoms with van der Waals surface area (Å²) >= 11 is 5.70. The highest BCUT2D eigenvalue weighted by atomic mass is 35.5. The molecule has 150 valence electrons. The van der Waals surface area contributed by atoms with Crippen molar-refractivity contribution in [1.29, 1.82) is 0 Å². The summed E-state index contributed by atoms with van der Waals surface area (Å²) in [5, 5.41) is 2.74. The summed E-state index contributed by atoms with van der Waals surface area (Å²) in [7, 11) is 0. The van der Waals surface area contributed by atoms with Crippen molar-refractivity contribution in [1.82, 2.24) is 10.5 Å². The number of hydrogen-bond acceptors (Lipinski definition) is 6. The summed E-state index contributed by atoms with van der Waals surface area (Å²) in [5.74, 6) is -2.98. The van der Waals surface area contributed by atoms with E-state index in [0.717, 1.165) is 6.07 Å². The van der Waals surface area contributed by atoms with Crippen LogP contribution in [0.15, 0.2) is 35.5 Å². The quantitative estimate of drug-likeness (QED) is 0.179. The number of nitrogens with one attached hydrogen (secondary N) is 2. The highest BCUT2D eigenvalue weighted by molar-refractivity contribution is 6.30. The molecule has 1 aromatic carbocycles. The van der Waals surface area contributed by atoms with Crippen LogP contribution in [0, 0.1) is 11.6 Å². The Kier molecular flexibility index (Phi) is 7.55. The summed E-state index contributed by atoms with van der Waals surface area (Å²) in [4.78, 5) is 23.7. The first-order valence-electron chi connectivity index (χ1n) is 7.74. The molecule has 0 saturated heterocycles. The van der Waals surface area contributed by atoms with Gasteiger partial charge in [0.25, 0.3) is 5.91 Å². The Morgan fingerprint density at radius 3 is 2.75 bits per heavy atom. The number of alkyl halides is 1. The van der Waals surface area contributed by atoms with E-state index in [2.05, 4.69) is 25.6 Å². The number of nitrogens with zero attached hydrogens (tertiary/aromatic N) is 2. The molecule has 1 heterocycles. The lowest BCUT2D eigenvalue weighted by Gasteiger charge is -2.15. The fraction of sp³-hybridized carbons (Fsp3) is 0.188. The van der Waals surface area contributed by atoms with E-state index in [0.29, 0.717) is 5.02 Å². The molecular formula is C16H16ClF3N6O2. The molecule has 1 amide bonds. The van der Waals surface area contributed by atoms with Crippen LogP contribution >= 0.6 is 11.6 Å². The van der Waals surface area contributed by atoms with Gasteiger partial charge < -0.3 is 21.6 Å². The van der Waals surface area contributed by atoms with Gasteiger partial charge in [-0.2, -0.15) is 0 Å². The summed E-state index contributed by atoms with van der Waals surface area (Å²) < 4.78 is 39.9. The number of hydroxylamine groups is 1. The Balaban J connectivity index is 2.09. The Morgan fingerprint density at radius 1 is 1.36 bits per heavy atom. The van der Waals surface area contributed by atoms with Crippen molar-refractivity contribution in [3.8, 4) is 0 Å². The zero-order chi connectivity index (χ0) is 20.7. The largest absolute Gasteiger partial charge is 0.369 e. The lowest BCUT2D eigenvalue weighted by atomic mass is 10.1. The van der Waals surface area contributed by atoms with E-state index in [9.17, 15) is 18.0 Å². The fourth-order valence-corrected chi connectivity index (χ4v) is 2.19. The first-order chi connectivity index (χ1) is 13.3. The number of benzene rings is 1. The van der Waals surface area contributed by atoms with Crippen molar-refractivity contribution in [3.05, 3.63) is 58.4 Å². The maximum atomic E-state index is 14.0. The van der Waals surface area contributed by atoms with Gasteiger partial charge in [-0.15, -0.1) is 5.48 Å². The van der Waals surface area contributed by atoms with E-state index in [4.69, 9.17) is 23.1 Å². The Bertz CT molecular complexity index is 866. The number of carbonyl (C=O) groups excluding carboxylic acids is 1. The van der Waals surface area contributed by atoms with E-state index in [1.165, 1.54) is 24.4 Å². The lowest BCUT2D eigenvalue weighted by molar-refractivity contribution is 0.102. The van der Waals surface area contributed by atoms with Crippen molar-refractivity contribution in [2.75, 3.05) is 12.1 Å². The molecule has 0 unspecified atom stereocenters. The maximum absolute atomic E-state index is 14.0. The van der Waals surface area contributed by atoms with E-state index < -0.39 is 36.5 Å². The number of carbonyl (C=O) groups is 1. The number of halogens is 4. The highest BCUT2D eigenvalue weighted by Crippen LogP contribution is 2.20. The third-order valence-electron chi connectivity index (χ3n) is 3.29. The molecule has 0 bridgehead atoms. The molecule has 2 aromatic rings. The van der Waals surface area contributed by atoms with Gasteiger partial charge in [0.2, 0.25) is 0 Å². The van der Waals surface area contributed by atoms with Gasteiger partial charge in [-0.1, -0.05) is 11.6 Å². The number of amidine groups is 1. The lowest BCUT2D eigenvalue weighted by Crippen LogP contribution is -2.42. The molecule has 0 saturated carbocycles. The van der Waals surface area contributed by atoms with E-state index in [-0.39, 0.29) is 23.4 Å². The van der Waals surface area contributed by atoms with Crippen LogP contribution in [0.25, 0.3) is 0 Å². The summed E-state index contributed by atoms with van der Waals surface area (Å²) in [6, 6.07) is 4.34. The van der Waals surface area contributed by atoms with Crippen molar-refractivity contribution < 1.29 is 22.8 Å². The van der Waals surface area contributed by atoms with Gasteiger partial charge in [-0.3, -0.25) is 4.79 Å². The van der Waals surface area contributed by atoms with Crippen molar-refractivity contribution in [3.63, 3.8) is 0 Å². The zero-order valence-corrected chi connectivity index (χ0v) is 15.0. The number of pyridine rings is 1. The average molecular weight is 417 g/mol. The number of aromatic nitrogens is 1. The SMILES string of the molecule is N/C(=N/CF)ON[C@H](N)Cc1cc(NC(=O)c2ccc(Cl)cn2)cc(F)c1F. The molecule has 28 heavy (non-hydrogen) atoms. The first-order valence-corrected chi connectivity index (χ1v) is 8.12. The van der Waals surface area contributed by atoms with Crippen LogP contribution in [0.1, 0.15) is 16.1 Å². The predicted octanol–water partition coefficient (Wildman–Crippen LogP) is 1.86. The number of anilines is 1. The fourth-order valence-electron chi connectivity index (χ4n) is 2.08. The molecule has 0 aliphatic rings. The van der Waals surface area contributed by atoms with E-state index in [1.54, 1.807) is 0 Å². The Labute approximate surface area is 162 Å². The van der Waals surface area contributed by atoms with E-state index >= 15 is 0 Å². The molecule has 1 atom stereocenters. The van der Waals surface area contributed by atoms with E-state index in [1.807, 2.05) is 0 Å². The second-order valence-corrected chi connectivity index (χ2v) is 5.83. The van der Waals surface area contributed by atoms with Crippen molar-refractivity contribution in [2.45, 2.75) is 12.6 Å². The number of aliphatic imine (C=N–C) groups is 1. The highest BCUT2D eigenvalue weighted by Gasteiger charge is 2.16. The second-order valence-electron chi connectivity index (χ2n) is 5.39. The first kappa shape index (κ1) is 21.4. The maximum Gasteiger partial charge on any atom is 0.304 e. The minimum absolute atomic E-state index is 0.0118. The molecule has 0 aliphatic carbocycles. The van der Waals surface area contributed by atoms with Crippen LogP contribution in [0.2, 0.25) is 5.02 Å². The van der Waals surface area contributed by atoms with Crippen LogP contribution < -0.4 is 22.3 Å². The summed E-state index contributed by atoms with van der Waals surface area (Å²) in [6.07, 6.45) is -0.00392. The molecule has 0 radical (unpaired) electrons. The van der Waals surface area contributed by atoms with Gasteiger partial charge in [-0.05, 0) is 23.8 Å². The normalized spacial score (nSPS) is 12.5. The number of amides is 1. The van der Waals surface area contributed by atoms with Gasteiger partial charge in [0.05, 0.1) is 11.2 Å². The van der Waals surface area contributed by atoms with Crippen molar-refractivity contribution in [2.24, 2.45) is 16.5 Å².